The highest BCUT2D eigenvalue weighted by atomic mass is 16.6. The Balaban J connectivity index is 4.36. The molecule has 0 unspecified atom stereocenters. The van der Waals surface area contributed by atoms with Gasteiger partial charge in [0.05, 0.1) is 0 Å². The van der Waals surface area contributed by atoms with Crippen molar-refractivity contribution < 1.29 is 28.6 Å². The summed E-state index contributed by atoms with van der Waals surface area (Å²) >= 11 is 0. The zero-order valence-electron chi connectivity index (χ0n) is 46.1. The molecule has 0 saturated carbocycles. The molecule has 0 aliphatic heterocycles. The van der Waals surface area contributed by atoms with E-state index in [0.29, 0.717) is 19.3 Å². The number of carbonyl (C=O) groups is 3. The van der Waals surface area contributed by atoms with Crippen LogP contribution in [0.15, 0.2) is 48.6 Å². The summed E-state index contributed by atoms with van der Waals surface area (Å²) in [7, 11) is 0. The lowest BCUT2D eigenvalue weighted by atomic mass is 10.0. The van der Waals surface area contributed by atoms with Gasteiger partial charge in [-0.15, -0.1) is 0 Å². The molecule has 0 saturated heterocycles. The number of hydrogen-bond acceptors (Lipinski definition) is 6. The third-order valence-electron chi connectivity index (χ3n) is 13.3. The Hall–Kier alpha value is -2.63. The van der Waals surface area contributed by atoms with Gasteiger partial charge in [-0.25, -0.2) is 0 Å². The third kappa shape index (κ3) is 56.2. The zero-order valence-corrected chi connectivity index (χ0v) is 46.1. The first-order valence-electron chi connectivity index (χ1n) is 30.1. The molecule has 0 N–H and O–H groups in total. The molecule has 1 atom stereocenters. The van der Waals surface area contributed by atoms with Crippen molar-refractivity contribution >= 4 is 17.9 Å². The zero-order chi connectivity index (χ0) is 50.0. The van der Waals surface area contributed by atoms with E-state index in [1.165, 1.54) is 193 Å². The fraction of sp³-hybridized carbons (Fsp3) is 0.825. The molecular formula is C63H114O6. The number of hydrogen-bond donors (Lipinski definition) is 0. The topological polar surface area (TPSA) is 78.9 Å². The van der Waals surface area contributed by atoms with Gasteiger partial charge in [-0.3, -0.25) is 14.4 Å². The Morgan fingerprint density at radius 2 is 0.522 bits per heavy atom. The lowest BCUT2D eigenvalue weighted by Gasteiger charge is -2.18. The summed E-state index contributed by atoms with van der Waals surface area (Å²) in [6.45, 7) is 6.62. The highest BCUT2D eigenvalue weighted by molar-refractivity contribution is 5.71. The fourth-order valence-corrected chi connectivity index (χ4v) is 8.74. The van der Waals surface area contributed by atoms with Crippen molar-refractivity contribution in [3.05, 3.63) is 48.6 Å². The van der Waals surface area contributed by atoms with Crippen LogP contribution in [0.2, 0.25) is 0 Å². The first kappa shape index (κ1) is 66.4. The Morgan fingerprint density at radius 3 is 0.826 bits per heavy atom. The molecule has 0 aliphatic rings. The molecule has 6 nitrogen and oxygen atoms in total. The van der Waals surface area contributed by atoms with Crippen LogP contribution >= 0.6 is 0 Å². The van der Waals surface area contributed by atoms with Crippen LogP contribution in [0.3, 0.4) is 0 Å². The lowest BCUT2D eigenvalue weighted by Crippen LogP contribution is -2.30. The average Bonchev–Trinajstić information content (AvgIpc) is 3.35. The number of ether oxygens (including phenoxy) is 3. The van der Waals surface area contributed by atoms with Crippen LogP contribution in [0.5, 0.6) is 0 Å². The molecule has 69 heavy (non-hydrogen) atoms. The molecule has 6 heteroatoms. The van der Waals surface area contributed by atoms with Gasteiger partial charge < -0.3 is 14.2 Å². The minimum absolute atomic E-state index is 0.0768. The lowest BCUT2D eigenvalue weighted by molar-refractivity contribution is -0.167. The average molecular weight is 968 g/mol. The van der Waals surface area contributed by atoms with Crippen LogP contribution in [-0.4, -0.2) is 37.2 Å². The molecule has 0 bridgehead atoms. The van der Waals surface area contributed by atoms with Crippen LogP contribution in [0.1, 0.15) is 316 Å². The maximum atomic E-state index is 12.9. The molecular weight excluding hydrogens is 853 g/mol. The molecule has 0 aromatic rings. The smallest absolute Gasteiger partial charge is 0.306 e. The molecule has 0 fully saturated rings. The third-order valence-corrected chi connectivity index (χ3v) is 13.3. The normalized spacial score (nSPS) is 12.3. The first-order valence-corrected chi connectivity index (χ1v) is 30.1. The van der Waals surface area contributed by atoms with E-state index in [4.69, 9.17) is 14.2 Å². The quantitative estimate of drug-likeness (QED) is 0.0262. The van der Waals surface area contributed by atoms with Gasteiger partial charge in [-0.1, -0.05) is 262 Å². The Morgan fingerprint density at radius 1 is 0.290 bits per heavy atom. The van der Waals surface area contributed by atoms with Gasteiger partial charge in [0.25, 0.3) is 0 Å². The summed E-state index contributed by atoms with van der Waals surface area (Å²) in [6, 6.07) is 0. The molecule has 0 aliphatic carbocycles. The number of esters is 3. The highest BCUT2D eigenvalue weighted by Crippen LogP contribution is 2.17. The largest absolute Gasteiger partial charge is 0.462 e. The molecule has 0 aromatic heterocycles. The van der Waals surface area contributed by atoms with E-state index < -0.39 is 6.10 Å². The second kappa shape index (κ2) is 57.9. The monoisotopic (exact) mass is 967 g/mol. The minimum Gasteiger partial charge on any atom is -0.462 e. The van der Waals surface area contributed by atoms with Crippen molar-refractivity contribution in [2.75, 3.05) is 13.2 Å². The van der Waals surface area contributed by atoms with Crippen molar-refractivity contribution in [3.63, 3.8) is 0 Å². The molecule has 0 spiro atoms. The van der Waals surface area contributed by atoms with E-state index in [0.717, 1.165) is 83.5 Å². The highest BCUT2D eigenvalue weighted by Gasteiger charge is 2.19. The van der Waals surface area contributed by atoms with Gasteiger partial charge in [0.15, 0.2) is 6.10 Å². The van der Waals surface area contributed by atoms with E-state index >= 15 is 0 Å². The number of allylic oxidation sites excluding steroid dienone is 8. The van der Waals surface area contributed by atoms with Crippen molar-refractivity contribution in [3.8, 4) is 0 Å². The maximum Gasteiger partial charge on any atom is 0.306 e. The summed E-state index contributed by atoms with van der Waals surface area (Å²) in [6.07, 6.45) is 71.0. The molecule has 0 radical (unpaired) electrons. The fourth-order valence-electron chi connectivity index (χ4n) is 8.74. The van der Waals surface area contributed by atoms with E-state index in [2.05, 4.69) is 69.4 Å². The summed E-state index contributed by atoms with van der Waals surface area (Å²) in [5.41, 5.74) is 0. The van der Waals surface area contributed by atoms with Crippen molar-refractivity contribution in [1.29, 1.82) is 0 Å². The standard InChI is InChI=1S/C63H114O6/c1-4-7-10-13-16-19-22-25-28-30-31-33-35-38-41-44-47-50-53-56-62(65)68-59-60(58-67-61(64)55-52-49-46-43-40-37-34-27-24-21-18-15-12-9-6-3)69-63(66)57-54-51-48-45-42-39-36-32-29-26-23-20-17-14-11-8-5-2/h16,18-19,21,25,27-28,34,60H,4-15,17,20,22-24,26,29-33,35-59H2,1-3H3/b19-16-,21-18-,28-25-,34-27-/t60-/m0/s1. The van der Waals surface area contributed by atoms with Gasteiger partial charge in [0.2, 0.25) is 0 Å². The van der Waals surface area contributed by atoms with Gasteiger partial charge >= 0.3 is 17.9 Å². The molecule has 0 heterocycles. The van der Waals surface area contributed by atoms with Crippen molar-refractivity contribution in [2.24, 2.45) is 0 Å². The molecule has 402 valence electrons. The Bertz CT molecular complexity index is 1200. The minimum atomic E-state index is -0.779. The predicted molar refractivity (Wildman–Crippen MR) is 298 cm³/mol. The Kier molecular flexibility index (Phi) is 55.7. The number of carbonyl (C=O) groups excluding carboxylic acids is 3. The van der Waals surface area contributed by atoms with Gasteiger partial charge in [-0.2, -0.15) is 0 Å². The number of rotatable bonds is 55. The predicted octanol–water partition coefficient (Wildman–Crippen LogP) is 20.2. The SMILES string of the molecule is CCCCC/C=C\C/C=C\CCCCCCCCCCCC(=O)OC[C@H](COC(=O)CCCCCCC/C=C\C/C=C\CCCCC)OC(=O)CCCCCCCCCCCCCCCCCCC. The summed E-state index contributed by atoms with van der Waals surface area (Å²) < 4.78 is 16.9. The molecule has 0 aromatic carbocycles. The first-order chi connectivity index (χ1) is 34.0. The van der Waals surface area contributed by atoms with Crippen LogP contribution < -0.4 is 0 Å². The van der Waals surface area contributed by atoms with Gasteiger partial charge in [0.1, 0.15) is 13.2 Å². The van der Waals surface area contributed by atoms with E-state index in [-0.39, 0.29) is 31.1 Å². The second-order valence-corrected chi connectivity index (χ2v) is 20.3. The Labute approximate surface area is 428 Å². The summed E-state index contributed by atoms with van der Waals surface area (Å²) in [5.74, 6) is -0.877. The number of unbranched alkanes of at least 4 members (excludes halogenated alkanes) is 36. The summed E-state index contributed by atoms with van der Waals surface area (Å²) in [4.78, 5) is 38.2. The summed E-state index contributed by atoms with van der Waals surface area (Å²) in [5, 5.41) is 0. The van der Waals surface area contributed by atoms with E-state index in [9.17, 15) is 14.4 Å². The van der Waals surface area contributed by atoms with Crippen molar-refractivity contribution in [1.82, 2.24) is 0 Å². The molecule has 0 amide bonds. The van der Waals surface area contributed by atoms with Crippen LogP contribution in [0, 0.1) is 0 Å². The van der Waals surface area contributed by atoms with Gasteiger partial charge in [-0.05, 0) is 83.5 Å². The van der Waals surface area contributed by atoms with Crippen LogP contribution in [0.4, 0.5) is 0 Å². The van der Waals surface area contributed by atoms with Crippen LogP contribution in [-0.2, 0) is 28.6 Å². The second-order valence-electron chi connectivity index (χ2n) is 20.3. The van der Waals surface area contributed by atoms with E-state index in [1.807, 2.05) is 0 Å². The maximum absolute atomic E-state index is 12.9. The van der Waals surface area contributed by atoms with Crippen molar-refractivity contribution in [2.45, 2.75) is 322 Å². The van der Waals surface area contributed by atoms with Crippen LogP contribution in [0.25, 0.3) is 0 Å². The molecule has 0 rings (SSSR count). The van der Waals surface area contributed by atoms with Gasteiger partial charge in [0, 0.05) is 19.3 Å². The van der Waals surface area contributed by atoms with E-state index in [1.54, 1.807) is 0 Å².